The third kappa shape index (κ3) is 8.19. The number of hydrogen-bond donors (Lipinski definition) is 1. The van der Waals surface area contributed by atoms with Crippen molar-refractivity contribution >= 4 is 21.7 Å². The number of rotatable bonds is 13. The highest BCUT2D eigenvalue weighted by Gasteiger charge is 2.17. The molecule has 2 aromatic carbocycles. The molecule has 2 aromatic rings. The quantitative estimate of drug-likeness (QED) is 0.307. The van der Waals surface area contributed by atoms with Crippen LogP contribution in [0.4, 0.5) is 5.69 Å². The monoisotopic (exact) mass is 431 g/mol. The molecule has 30 heavy (non-hydrogen) atoms. The topological polar surface area (TPSA) is 72.5 Å². The van der Waals surface area contributed by atoms with Gasteiger partial charge in [-0.1, -0.05) is 70.1 Å². The Morgan fingerprint density at radius 1 is 0.900 bits per heavy atom. The average molecular weight is 432 g/mol. The van der Waals surface area contributed by atoms with Gasteiger partial charge in [0.15, 0.2) is 0 Å². The number of esters is 1. The van der Waals surface area contributed by atoms with Gasteiger partial charge in [0.2, 0.25) is 0 Å². The van der Waals surface area contributed by atoms with Crippen molar-refractivity contribution in [2.24, 2.45) is 0 Å². The first-order valence-corrected chi connectivity index (χ1v) is 12.3. The third-order valence-corrected chi connectivity index (χ3v) is 6.26. The van der Waals surface area contributed by atoms with Gasteiger partial charge >= 0.3 is 5.97 Å². The second-order valence-electron chi connectivity index (χ2n) is 7.61. The number of unbranched alkanes of at least 4 members (excludes halogenated alkanes) is 7. The van der Waals surface area contributed by atoms with Crippen molar-refractivity contribution in [1.29, 1.82) is 0 Å². The van der Waals surface area contributed by atoms with Crippen molar-refractivity contribution in [3.05, 3.63) is 59.7 Å². The van der Waals surface area contributed by atoms with E-state index in [9.17, 15) is 13.2 Å². The van der Waals surface area contributed by atoms with Crippen LogP contribution in [0.3, 0.4) is 0 Å². The standard InChI is InChI=1S/C24H33NO4S/c1-3-4-5-6-7-8-9-10-17-29-24(26)21-14-12-16-23(19-21)30(27,28)25-22-15-11-13-20(2)18-22/h11-16,18-19,25H,3-10,17H2,1-2H3. The molecule has 164 valence electrons. The molecule has 0 radical (unpaired) electrons. The summed E-state index contributed by atoms with van der Waals surface area (Å²) in [5.41, 5.74) is 1.67. The van der Waals surface area contributed by atoms with Crippen LogP contribution in [-0.2, 0) is 14.8 Å². The highest BCUT2D eigenvalue weighted by atomic mass is 32.2. The lowest BCUT2D eigenvalue weighted by molar-refractivity contribution is 0.0497. The number of anilines is 1. The van der Waals surface area contributed by atoms with E-state index in [1.54, 1.807) is 30.3 Å². The zero-order chi connectivity index (χ0) is 21.8. The van der Waals surface area contributed by atoms with Gasteiger partial charge in [0.05, 0.1) is 17.1 Å². The summed E-state index contributed by atoms with van der Waals surface area (Å²) in [6.07, 6.45) is 9.35. The summed E-state index contributed by atoms with van der Waals surface area (Å²) in [6, 6.07) is 13.1. The van der Waals surface area contributed by atoms with E-state index in [-0.39, 0.29) is 10.5 Å². The van der Waals surface area contributed by atoms with Gasteiger partial charge in [-0.05, 0) is 49.2 Å². The van der Waals surface area contributed by atoms with E-state index in [4.69, 9.17) is 4.74 Å². The summed E-state index contributed by atoms with van der Waals surface area (Å²) < 4.78 is 33.2. The Hall–Kier alpha value is -2.34. The summed E-state index contributed by atoms with van der Waals surface area (Å²) in [4.78, 5) is 12.3. The van der Waals surface area contributed by atoms with Crippen LogP contribution in [0.25, 0.3) is 0 Å². The van der Waals surface area contributed by atoms with Crippen molar-refractivity contribution in [3.63, 3.8) is 0 Å². The first kappa shape index (κ1) is 23.9. The van der Waals surface area contributed by atoms with Crippen LogP contribution >= 0.6 is 0 Å². The summed E-state index contributed by atoms with van der Waals surface area (Å²) in [6.45, 7) is 4.45. The molecule has 1 N–H and O–H groups in total. The first-order valence-electron chi connectivity index (χ1n) is 10.8. The molecular weight excluding hydrogens is 398 g/mol. The lowest BCUT2D eigenvalue weighted by Crippen LogP contribution is -2.14. The molecule has 0 aliphatic carbocycles. The largest absolute Gasteiger partial charge is 0.462 e. The normalized spacial score (nSPS) is 11.3. The van der Waals surface area contributed by atoms with Crippen molar-refractivity contribution in [2.45, 2.75) is 70.1 Å². The summed E-state index contributed by atoms with van der Waals surface area (Å²) in [7, 11) is -3.79. The van der Waals surface area contributed by atoms with Gasteiger partial charge in [0.25, 0.3) is 10.0 Å². The maximum atomic E-state index is 12.7. The van der Waals surface area contributed by atoms with Gasteiger partial charge in [0.1, 0.15) is 0 Å². The molecule has 0 bridgehead atoms. The Morgan fingerprint density at radius 3 is 2.27 bits per heavy atom. The van der Waals surface area contributed by atoms with E-state index in [2.05, 4.69) is 11.6 Å². The number of carbonyl (C=O) groups is 1. The molecular formula is C24H33NO4S. The molecule has 2 rings (SSSR count). The second kappa shape index (κ2) is 12.4. The van der Waals surface area contributed by atoms with Crippen LogP contribution in [0, 0.1) is 6.92 Å². The van der Waals surface area contributed by atoms with E-state index in [1.807, 2.05) is 13.0 Å². The van der Waals surface area contributed by atoms with Crippen molar-refractivity contribution in [3.8, 4) is 0 Å². The van der Waals surface area contributed by atoms with Crippen molar-refractivity contribution in [2.75, 3.05) is 11.3 Å². The molecule has 0 amide bonds. The minimum atomic E-state index is -3.79. The molecule has 0 atom stereocenters. The van der Waals surface area contributed by atoms with E-state index in [1.165, 1.54) is 44.2 Å². The van der Waals surface area contributed by atoms with Gasteiger partial charge in [-0.3, -0.25) is 4.72 Å². The number of nitrogens with one attached hydrogen (secondary N) is 1. The second-order valence-corrected chi connectivity index (χ2v) is 9.30. The van der Waals surface area contributed by atoms with Crippen LogP contribution in [0.15, 0.2) is 53.4 Å². The van der Waals surface area contributed by atoms with E-state index < -0.39 is 16.0 Å². The molecule has 0 saturated carbocycles. The van der Waals surface area contributed by atoms with Crippen LogP contribution < -0.4 is 4.72 Å². The average Bonchev–Trinajstić information content (AvgIpc) is 2.72. The summed E-state index contributed by atoms with van der Waals surface area (Å²) in [5, 5.41) is 0. The molecule has 0 saturated heterocycles. The van der Waals surface area contributed by atoms with E-state index in [0.29, 0.717) is 12.3 Å². The number of ether oxygens (including phenoxy) is 1. The van der Waals surface area contributed by atoms with Gasteiger partial charge in [0, 0.05) is 5.69 Å². The summed E-state index contributed by atoms with van der Waals surface area (Å²) >= 11 is 0. The zero-order valence-electron chi connectivity index (χ0n) is 18.0. The van der Waals surface area contributed by atoms with Gasteiger partial charge in [-0.15, -0.1) is 0 Å². The molecule has 0 heterocycles. The smallest absolute Gasteiger partial charge is 0.338 e. The predicted molar refractivity (Wildman–Crippen MR) is 121 cm³/mol. The SMILES string of the molecule is CCCCCCCCCCOC(=O)c1cccc(S(=O)(=O)Nc2cccc(C)c2)c1. The lowest BCUT2D eigenvalue weighted by Gasteiger charge is -2.10. The van der Waals surface area contributed by atoms with Gasteiger partial charge in [-0.2, -0.15) is 0 Å². The van der Waals surface area contributed by atoms with Crippen molar-refractivity contribution < 1.29 is 17.9 Å². The minimum absolute atomic E-state index is 0.0329. The maximum Gasteiger partial charge on any atom is 0.338 e. The third-order valence-electron chi connectivity index (χ3n) is 4.88. The number of aryl methyl sites for hydroxylation is 1. The maximum absolute atomic E-state index is 12.7. The molecule has 5 nitrogen and oxygen atoms in total. The van der Waals surface area contributed by atoms with Crippen LogP contribution in [0.5, 0.6) is 0 Å². The zero-order valence-corrected chi connectivity index (χ0v) is 18.8. The predicted octanol–water partition coefficient (Wildman–Crippen LogP) is 6.09. The van der Waals surface area contributed by atoms with Crippen LogP contribution in [0.2, 0.25) is 0 Å². The molecule has 0 aromatic heterocycles. The number of carbonyl (C=O) groups excluding carboxylic acids is 1. The Kier molecular flexibility index (Phi) is 9.87. The highest BCUT2D eigenvalue weighted by molar-refractivity contribution is 7.92. The van der Waals surface area contributed by atoms with Crippen molar-refractivity contribution in [1.82, 2.24) is 0 Å². The molecule has 0 aliphatic rings. The molecule has 0 spiro atoms. The number of sulfonamides is 1. The number of hydrogen-bond acceptors (Lipinski definition) is 4. The summed E-state index contributed by atoms with van der Waals surface area (Å²) in [5.74, 6) is -0.495. The van der Waals surface area contributed by atoms with Gasteiger partial charge < -0.3 is 4.74 Å². The fourth-order valence-corrected chi connectivity index (χ4v) is 4.29. The van der Waals surface area contributed by atoms with E-state index in [0.717, 1.165) is 24.8 Å². The Labute approximate surface area is 180 Å². The molecule has 0 fully saturated rings. The molecule has 0 unspecified atom stereocenters. The number of benzene rings is 2. The van der Waals surface area contributed by atoms with Gasteiger partial charge in [-0.25, -0.2) is 13.2 Å². The van der Waals surface area contributed by atoms with Crippen LogP contribution in [-0.4, -0.2) is 21.0 Å². The lowest BCUT2D eigenvalue weighted by atomic mass is 10.1. The molecule has 0 aliphatic heterocycles. The van der Waals surface area contributed by atoms with Crippen LogP contribution in [0.1, 0.15) is 74.2 Å². The highest BCUT2D eigenvalue weighted by Crippen LogP contribution is 2.18. The fourth-order valence-electron chi connectivity index (χ4n) is 3.20. The van der Waals surface area contributed by atoms with E-state index >= 15 is 0 Å². The minimum Gasteiger partial charge on any atom is -0.462 e. The Balaban J connectivity index is 1.83. The Bertz CT molecular complexity index is 909. The Morgan fingerprint density at radius 2 is 1.57 bits per heavy atom. The molecule has 6 heteroatoms. The first-order chi connectivity index (χ1) is 14.4. The fraction of sp³-hybridized carbons (Fsp3) is 0.458.